The summed E-state index contributed by atoms with van der Waals surface area (Å²) in [5.74, 6) is 1.52. The smallest absolute Gasteiger partial charge is 0.410 e. The van der Waals surface area contributed by atoms with Crippen LogP contribution in [0.15, 0.2) is 113 Å². The number of para-hydroxylation sites is 1. The molecular weight excluding hydrogens is 1030 g/mol. The fraction of sp³-hybridized carbons (Fsp3) is 0.358. The van der Waals surface area contributed by atoms with Crippen molar-refractivity contribution in [1.82, 2.24) is 49.0 Å². The van der Waals surface area contributed by atoms with Gasteiger partial charge in [0.05, 0.1) is 50.5 Å². The van der Waals surface area contributed by atoms with Crippen molar-refractivity contribution < 1.29 is 50.1 Å². The zero-order chi connectivity index (χ0) is 55.5. The van der Waals surface area contributed by atoms with Crippen molar-refractivity contribution in [2.45, 2.75) is 88.2 Å². The molecule has 0 spiro atoms. The van der Waals surface area contributed by atoms with E-state index in [1.165, 1.54) is 40.9 Å². The van der Waals surface area contributed by atoms with E-state index < -0.39 is 65.8 Å². The lowest BCUT2D eigenvalue weighted by atomic mass is 9.98. The zero-order valence-electron chi connectivity index (χ0n) is 44.3. The lowest BCUT2D eigenvalue weighted by molar-refractivity contribution is -0.0139. The molecule has 8 rings (SSSR count). The Morgan fingerprint density at radius 1 is 0.727 bits per heavy atom. The van der Waals surface area contributed by atoms with E-state index in [9.17, 15) is 9.59 Å². The van der Waals surface area contributed by atoms with Crippen LogP contribution in [0.5, 0.6) is 17.2 Å². The van der Waals surface area contributed by atoms with E-state index in [2.05, 4.69) is 25.0 Å². The number of methoxy groups -OCH3 is 3. The minimum absolute atomic E-state index is 0.0359. The highest BCUT2D eigenvalue weighted by Crippen LogP contribution is 2.43. The number of fused-ring (bicyclic) bond motifs is 1. The lowest BCUT2D eigenvalue weighted by Crippen LogP contribution is -2.60. The van der Waals surface area contributed by atoms with Gasteiger partial charge in [0, 0.05) is 44.8 Å². The topological polar surface area (TPSA) is 269 Å². The molecule has 0 aliphatic carbocycles. The largest absolute Gasteiger partial charge is 0.497 e. The molecule has 0 unspecified atom stereocenters. The third-order valence-electron chi connectivity index (χ3n) is 12.3. The highest BCUT2D eigenvalue weighted by Gasteiger charge is 2.41. The maximum atomic E-state index is 16.4. The van der Waals surface area contributed by atoms with Crippen molar-refractivity contribution >= 4 is 49.2 Å². The van der Waals surface area contributed by atoms with Crippen molar-refractivity contribution in [2.24, 2.45) is 0 Å². The lowest BCUT2D eigenvalue weighted by Gasteiger charge is -2.41. The molecule has 1 fully saturated rings. The minimum atomic E-state index is -5.07. The summed E-state index contributed by atoms with van der Waals surface area (Å²) in [7, 11) is -5.47. The molecule has 0 bridgehead atoms. The number of aromatic amines is 1. The van der Waals surface area contributed by atoms with Crippen LogP contribution in [0.2, 0.25) is 0 Å². The third-order valence-corrected chi connectivity index (χ3v) is 15.8. The summed E-state index contributed by atoms with van der Waals surface area (Å²) in [6, 6.07) is 27.5. The van der Waals surface area contributed by atoms with Gasteiger partial charge in [0.2, 0.25) is 25.9 Å². The van der Waals surface area contributed by atoms with Crippen LogP contribution in [0.25, 0.3) is 33.5 Å². The van der Waals surface area contributed by atoms with E-state index in [0.29, 0.717) is 45.0 Å². The van der Waals surface area contributed by atoms with Gasteiger partial charge in [-0.25, -0.2) is 36.1 Å². The van der Waals surface area contributed by atoms with Gasteiger partial charge in [-0.2, -0.15) is 9.10 Å². The van der Waals surface area contributed by atoms with Gasteiger partial charge in [-0.15, -0.1) is 10.2 Å². The normalized spacial score (nSPS) is 14.4. The Labute approximate surface area is 447 Å². The van der Waals surface area contributed by atoms with E-state index >= 15 is 16.8 Å². The molecule has 2 amide bonds. The number of nitrogens with two attached hydrogens (primary N) is 1. The molecule has 4 N–H and O–H groups in total. The van der Waals surface area contributed by atoms with Crippen LogP contribution in [0.3, 0.4) is 0 Å². The van der Waals surface area contributed by atoms with Crippen molar-refractivity contribution in [1.29, 1.82) is 0 Å². The third kappa shape index (κ3) is 13.1. The van der Waals surface area contributed by atoms with Crippen LogP contribution in [0, 0.1) is 0 Å². The summed E-state index contributed by atoms with van der Waals surface area (Å²) in [6.45, 7) is 9.17. The molecule has 22 nitrogen and oxygen atoms in total. The summed E-state index contributed by atoms with van der Waals surface area (Å²) >= 11 is 0. The number of carbonyl (C=O) groups is 2. The van der Waals surface area contributed by atoms with E-state index in [4.69, 9.17) is 34.5 Å². The number of tetrazole rings is 1. The molecule has 1 aliphatic rings. The van der Waals surface area contributed by atoms with Gasteiger partial charge < -0.3 is 44.2 Å². The Morgan fingerprint density at radius 2 is 1.29 bits per heavy atom. The Kier molecular flexibility index (Phi) is 16.1. The highest BCUT2D eigenvalue weighted by atomic mass is 32.2. The molecule has 0 radical (unpaired) electrons. The Bertz CT molecular complexity index is 3420. The number of aromatic nitrogens is 6. The predicted octanol–water partition coefficient (Wildman–Crippen LogP) is 7.07. The number of nitrogens with zero attached hydrogens (tertiary/aromatic N) is 8. The molecule has 408 valence electrons. The SMILES string of the molecule is COc1ccc(CN(Cc2ccc(OC)cc2)S(=O)(=O)c2c(S(=O)(=O)NC[C@@H]3CN(C(=O)OC(C)(C)C)CCN3C(=O)OC(C)(C)C)ccc(-c3cccc4[nH]c(N)nc34)c2-c2nnn(Cc3ccc(OC)cc3)n2)cc1. The second-order valence-electron chi connectivity index (χ2n) is 20.2. The van der Waals surface area contributed by atoms with Crippen LogP contribution in [0.1, 0.15) is 58.2 Å². The van der Waals surface area contributed by atoms with Crippen LogP contribution in [-0.4, -0.2) is 138 Å². The molecule has 24 heteroatoms. The molecule has 1 saturated heterocycles. The van der Waals surface area contributed by atoms with Gasteiger partial charge in [-0.3, -0.25) is 0 Å². The van der Waals surface area contributed by atoms with Crippen LogP contribution < -0.4 is 24.7 Å². The molecule has 1 atom stereocenters. The van der Waals surface area contributed by atoms with Gasteiger partial charge in [0.25, 0.3) is 0 Å². The fourth-order valence-electron chi connectivity index (χ4n) is 8.64. The van der Waals surface area contributed by atoms with E-state index in [-0.39, 0.29) is 62.2 Å². The first-order valence-corrected chi connectivity index (χ1v) is 27.4. The van der Waals surface area contributed by atoms with Crippen molar-refractivity contribution in [3.05, 3.63) is 120 Å². The van der Waals surface area contributed by atoms with Gasteiger partial charge in [-0.05, 0) is 118 Å². The number of imidazole rings is 1. The number of sulfonamides is 2. The molecule has 7 aromatic rings. The molecule has 1 aliphatic heterocycles. The number of anilines is 1. The van der Waals surface area contributed by atoms with Gasteiger partial charge >= 0.3 is 12.2 Å². The summed E-state index contributed by atoms with van der Waals surface area (Å²) < 4.78 is 95.2. The number of nitrogen functional groups attached to an aromatic ring is 1. The van der Waals surface area contributed by atoms with Crippen molar-refractivity contribution in [3.63, 3.8) is 0 Å². The monoisotopic (exact) mass is 1090 g/mol. The molecule has 5 aromatic carbocycles. The number of hydrogen-bond acceptors (Lipinski definition) is 16. The Morgan fingerprint density at radius 3 is 1.84 bits per heavy atom. The standard InChI is InChI=1S/C53H63N11O11S2/c1-52(2,3)74-50(65)61-27-28-63(51(66)75-53(4,5)6)37(33-61)29-55-76(67,68)44-26-25-41(42-11-10-12-43-46(42)57-49(54)56-43)45(48-58-60-64(59-48)32-36-17-23-40(73-9)24-18-36)47(44)77(69,70)62(30-34-13-19-38(71-7)20-14-34)31-35-15-21-39(72-8)22-16-35/h10-26,37,55H,27-33H2,1-9H3,(H3,54,56,57)/t37-/m1/s1. The van der Waals surface area contributed by atoms with Gasteiger partial charge in [0.1, 0.15) is 38.2 Å². The summed E-state index contributed by atoms with van der Waals surface area (Å²) in [5, 5.41) is 13.6. The molecule has 77 heavy (non-hydrogen) atoms. The number of amides is 2. The maximum absolute atomic E-state index is 16.4. The second kappa shape index (κ2) is 22.4. The number of hydrogen-bond donors (Lipinski definition) is 3. The fourth-order valence-corrected chi connectivity index (χ4v) is 12.1. The number of nitrogens with one attached hydrogen (secondary N) is 2. The average Bonchev–Trinajstić information content (AvgIpc) is 4.03. The van der Waals surface area contributed by atoms with Crippen molar-refractivity contribution in [2.75, 3.05) is 53.2 Å². The molecule has 0 saturated carbocycles. The zero-order valence-corrected chi connectivity index (χ0v) is 45.9. The summed E-state index contributed by atoms with van der Waals surface area (Å²) in [4.78, 5) is 37.5. The minimum Gasteiger partial charge on any atom is -0.497 e. The van der Waals surface area contributed by atoms with E-state index in [1.54, 1.807) is 128 Å². The Hall–Kier alpha value is -7.80. The number of ether oxygens (including phenoxy) is 5. The van der Waals surface area contributed by atoms with Gasteiger partial charge in [-0.1, -0.05) is 54.6 Å². The number of piperazine rings is 1. The summed E-state index contributed by atoms with van der Waals surface area (Å²) in [6.07, 6.45) is -1.41. The Balaban J connectivity index is 1.34. The number of carbonyl (C=O) groups excluding carboxylic acids is 2. The number of rotatable bonds is 17. The van der Waals surface area contributed by atoms with Crippen molar-refractivity contribution in [3.8, 4) is 39.8 Å². The number of benzene rings is 5. The molecule has 2 aromatic heterocycles. The molecule has 3 heterocycles. The maximum Gasteiger partial charge on any atom is 0.410 e. The second-order valence-corrected chi connectivity index (χ2v) is 23.8. The number of H-pyrrole nitrogens is 1. The van der Waals surface area contributed by atoms with Crippen LogP contribution in [0.4, 0.5) is 15.5 Å². The predicted molar refractivity (Wildman–Crippen MR) is 287 cm³/mol. The average molecular weight is 1090 g/mol. The quantitative estimate of drug-likeness (QED) is 0.0823. The summed E-state index contributed by atoms with van der Waals surface area (Å²) in [5.41, 5.74) is 7.42. The first-order valence-electron chi connectivity index (χ1n) is 24.5. The van der Waals surface area contributed by atoms with Crippen LogP contribution in [-0.2, 0) is 49.2 Å². The highest BCUT2D eigenvalue weighted by molar-refractivity contribution is 7.92. The molecular formula is C53H63N11O11S2. The first kappa shape index (κ1) is 55.4. The van der Waals surface area contributed by atoms with E-state index in [1.807, 2.05) is 12.1 Å². The van der Waals surface area contributed by atoms with Gasteiger partial charge in [0.15, 0.2) is 5.95 Å². The first-order chi connectivity index (χ1) is 36.4. The van der Waals surface area contributed by atoms with Crippen LogP contribution >= 0.6 is 0 Å². The van der Waals surface area contributed by atoms with E-state index in [0.717, 1.165) is 9.87 Å².